The van der Waals surface area contributed by atoms with E-state index in [0.717, 1.165) is 12.1 Å². The molecule has 114 valence electrons. The van der Waals surface area contributed by atoms with Crippen molar-refractivity contribution >= 4 is 5.97 Å². The molecule has 4 heteroatoms. The average molecular weight is 294 g/mol. The average Bonchev–Trinajstić information content (AvgIpc) is 2.51. The van der Waals surface area contributed by atoms with E-state index < -0.39 is 23.2 Å². The number of benzene rings is 2. The van der Waals surface area contributed by atoms with Gasteiger partial charge in [-0.2, -0.15) is 0 Å². The molecule has 2 rings (SSSR count). The number of carbonyl (C=O) groups is 1. The zero-order valence-electron chi connectivity index (χ0n) is 12.7. The van der Waals surface area contributed by atoms with Gasteiger partial charge in [-0.05, 0) is 23.3 Å². The van der Waals surface area contributed by atoms with Crippen LogP contribution in [0.25, 0.3) is 11.1 Å². The topological polar surface area (TPSA) is 37.3 Å². The Morgan fingerprint density at radius 3 is 1.67 bits per heavy atom. The van der Waals surface area contributed by atoms with E-state index in [4.69, 9.17) is 5.11 Å². The van der Waals surface area contributed by atoms with Crippen molar-refractivity contribution in [1.82, 2.24) is 0 Å². The van der Waals surface area contributed by atoms with Crippen LogP contribution in [-0.4, -0.2) is 11.1 Å². The first-order valence-electron chi connectivity index (χ1n) is 6.87. The van der Waals surface area contributed by atoms with Gasteiger partial charge in [0.05, 0.1) is 0 Å². The van der Waals surface area contributed by atoms with Crippen molar-refractivity contribution in [3.8, 4) is 11.1 Å². The summed E-state index contributed by atoms with van der Waals surface area (Å²) in [7, 11) is 0. The van der Waals surface area contributed by atoms with Crippen LogP contribution in [-0.2, 0) is 0 Å². The van der Waals surface area contributed by atoms with Gasteiger partial charge >= 0.3 is 5.97 Å². The van der Waals surface area contributed by atoms with E-state index in [2.05, 4.69) is 0 Å². The lowest BCUT2D eigenvalue weighted by Gasteiger charge is -2.05. The summed E-state index contributed by atoms with van der Waals surface area (Å²) in [6, 6.07) is 10.7. The second kappa shape index (κ2) is 9.64. The van der Waals surface area contributed by atoms with Crippen molar-refractivity contribution in [2.75, 3.05) is 0 Å². The van der Waals surface area contributed by atoms with Crippen LogP contribution in [0.3, 0.4) is 0 Å². The summed E-state index contributed by atoms with van der Waals surface area (Å²) in [6.45, 7) is 8.00. The third kappa shape index (κ3) is 4.99. The zero-order chi connectivity index (χ0) is 16.4. The van der Waals surface area contributed by atoms with E-state index in [1.165, 1.54) is 0 Å². The molecule has 0 radical (unpaired) electrons. The van der Waals surface area contributed by atoms with Crippen molar-refractivity contribution in [3.63, 3.8) is 0 Å². The molecule has 2 aromatic rings. The number of hydrogen-bond acceptors (Lipinski definition) is 1. The fourth-order valence-electron chi connectivity index (χ4n) is 1.57. The van der Waals surface area contributed by atoms with Crippen LogP contribution in [0.2, 0.25) is 0 Å². The maximum atomic E-state index is 13.4. The highest BCUT2D eigenvalue weighted by atomic mass is 19.1. The summed E-state index contributed by atoms with van der Waals surface area (Å²) in [5.41, 5.74) is 0.0116. The summed E-state index contributed by atoms with van der Waals surface area (Å²) in [4.78, 5) is 10.6. The quantitative estimate of drug-likeness (QED) is 0.807. The number of halogens is 2. The second-order valence-electron chi connectivity index (χ2n) is 3.49. The number of rotatable bonds is 2. The molecule has 0 aliphatic heterocycles. The Hall–Kier alpha value is -2.23. The van der Waals surface area contributed by atoms with Gasteiger partial charge in [0, 0.05) is 0 Å². The predicted molar refractivity (Wildman–Crippen MR) is 81.4 cm³/mol. The minimum atomic E-state index is -1.61. The molecule has 0 atom stereocenters. The highest BCUT2D eigenvalue weighted by molar-refractivity contribution is 5.89. The third-order valence-corrected chi connectivity index (χ3v) is 2.36. The first-order valence-corrected chi connectivity index (χ1v) is 6.87. The zero-order valence-corrected chi connectivity index (χ0v) is 12.7. The molecule has 1 N–H and O–H groups in total. The number of hydrogen-bond donors (Lipinski definition) is 1. The fraction of sp³-hybridized carbons (Fsp3) is 0.235. The maximum Gasteiger partial charge on any atom is 0.341 e. The van der Waals surface area contributed by atoms with Crippen LogP contribution in [0.1, 0.15) is 38.1 Å². The lowest BCUT2D eigenvalue weighted by molar-refractivity contribution is 0.0686. The van der Waals surface area contributed by atoms with Crippen LogP contribution in [0, 0.1) is 11.6 Å². The van der Waals surface area contributed by atoms with E-state index >= 15 is 0 Å². The summed E-state index contributed by atoms with van der Waals surface area (Å²) in [6.07, 6.45) is 0. The Morgan fingerprint density at radius 1 is 0.857 bits per heavy atom. The summed E-state index contributed by atoms with van der Waals surface area (Å²) >= 11 is 0. The summed E-state index contributed by atoms with van der Waals surface area (Å²) in [5, 5.41) is 8.63. The molecule has 2 aromatic carbocycles. The second-order valence-corrected chi connectivity index (χ2v) is 3.49. The molecule has 0 amide bonds. The lowest BCUT2D eigenvalue weighted by atomic mass is 10.0. The molecule has 2 nitrogen and oxygen atoms in total. The first kappa shape index (κ1) is 18.8. The predicted octanol–water partition coefficient (Wildman–Crippen LogP) is 5.38. The molecule has 0 bridgehead atoms. The largest absolute Gasteiger partial charge is 0.477 e. The van der Waals surface area contributed by atoms with Gasteiger partial charge in [-0.3, -0.25) is 0 Å². The number of carboxylic acids is 1. The monoisotopic (exact) mass is 294 g/mol. The first-order chi connectivity index (χ1) is 10.1. The Labute approximate surface area is 124 Å². The minimum Gasteiger partial charge on any atom is -0.477 e. The van der Waals surface area contributed by atoms with Crippen molar-refractivity contribution in [2.45, 2.75) is 27.7 Å². The molecular weight excluding hydrogens is 274 g/mol. The van der Waals surface area contributed by atoms with Crippen LogP contribution >= 0.6 is 0 Å². The van der Waals surface area contributed by atoms with E-state index in [-0.39, 0.29) is 0 Å². The van der Waals surface area contributed by atoms with Crippen LogP contribution in [0.4, 0.5) is 8.78 Å². The van der Waals surface area contributed by atoms with Gasteiger partial charge in [-0.25, -0.2) is 13.6 Å². The van der Waals surface area contributed by atoms with E-state index in [0.29, 0.717) is 11.1 Å². The van der Waals surface area contributed by atoms with Gasteiger partial charge in [0.1, 0.15) is 17.2 Å². The highest BCUT2D eigenvalue weighted by Crippen LogP contribution is 2.24. The van der Waals surface area contributed by atoms with Crippen LogP contribution in [0.5, 0.6) is 0 Å². The Bertz CT molecular complexity index is 543. The SMILES string of the molecule is CC.CC.O=C(O)c1c(F)cc(-c2ccccc2)cc1F. The summed E-state index contributed by atoms with van der Waals surface area (Å²) < 4.78 is 26.9. The van der Waals surface area contributed by atoms with Gasteiger partial charge in [0.15, 0.2) is 0 Å². The molecule has 0 fully saturated rings. The molecule has 0 aromatic heterocycles. The summed E-state index contributed by atoms with van der Waals surface area (Å²) in [5.74, 6) is -3.76. The van der Waals surface area contributed by atoms with Crippen molar-refractivity contribution in [1.29, 1.82) is 0 Å². The maximum absolute atomic E-state index is 13.4. The normalized spacial score (nSPS) is 8.86. The highest BCUT2D eigenvalue weighted by Gasteiger charge is 2.17. The Balaban J connectivity index is 0.000000921. The molecule has 0 spiro atoms. The van der Waals surface area contributed by atoms with Crippen molar-refractivity contribution in [3.05, 3.63) is 59.7 Å². The van der Waals surface area contributed by atoms with Gasteiger partial charge < -0.3 is 5.11 Å². The molecular formula is C17H20F2O2. The Morgan fingerprint density at radius 2 is 1.29 bits per heavy atom. The van der Waals surface area contributed by atoms with Gasteiger partial charge in [0.2, 0.25) is 0 Å². The van der Waals surface area contributed by atoms with E-state index in [9.17, 15) is 13.6 Å². The molecule has 0 saturated heterocycles. The smallest absolute Gasteiger partial charge is 0.341 e. The van der Waals surface area contributed by atoms with Crippen LogP contribution in [0.15, 0.2) is 42.5 Å². The van der Waals surface area contributed by atoms with Gasteiger partial charge in [-0.1, -0.05) is 58.0 Å². The van der Waals surface area contributed by atoms with Crippen molar-refractivity contribution < 1.29 is 18.7 Å². The standard InChI is InChI=1S/C13H8F2O2.2C2H6/c14-10-6-9(8-4-2-1-3-5-8)7-11(15)12(10)13(16)17;2*1-2/h1-7H,(H,16,17);2*1-2H3. The lowest BCUT2D eigenvalue weighted by Crippen LogP contribution is -2.04. The van der Waals surface area contributed by atoms with Crippen LogP contribution < -0.4 is 0 Å². The number of carboxylic acid groups (broad SMARTS) is 1. The van der Waals surface area contributed by atoms with E-state index in [1.807, 2.05) is 27.7 Å². The van der Waals surface area contributed by atoms with E-state index in [1.54, 1.807) is 30.3 Å². The van der Waals surface area contributed by atoms with Crippen molar-refractivity contribution in [2.24, 2.45) is 0 Å². The fourth-order valence-corrected chi connectivity index (χ4v) is 1.57. The molecule has 0 saturated carbocycles. The number of aromatic carboxylic acids is 1. The molecule has 0 aliphatic rings. The molecule has 0 aliphatic carbocycles. The Kier molecular flexibility index (Phi) is 8.62. The minimum absolute atomic E-state index is 0.311. The molecule has 0 unspecified atom stereocenters. The van der Waals surface area contributed by atoms with Gasteiger partial charge in [-0.15, -0.1) is 0 Å². The van der Waals surface area contributed by atoms with Gasteiger partial charge in [0.25, 0.3) is 0 Å². The molecule has 0 heterocycles. The molecule has 21 heavy (non-hydrogen) atoms. The third-order valence-electron chi connectivity index (χ3n) is 2.36.